The van der Waals surface area contributed by atoms with Crippen molar-refractivity contribution in [1.82, 2.24) is 15.0 Å². The highest BCUT2D eigenvalue weighted by Gasteiger charge is 2.38. The van der Waals surface area contributed by atoms with Crippen molar-refractivity contribution in [2.24, 2.45) is 11.8 Å². The summed E-state index contributed by atoms with van der Waals surface area (Å²) in [6.07, 6.45) is 3.29. The lowest BCUT2D eigenvalue weighted by Gasteiger charge is -2.32. The molecule has 2 aromatic rings. The molecule has 2 aliphatic rings. The number of hydrogen-bond donors (Lipinski definition) is 1. The van der Waals surface area contributed by atoms with Crippen LogP contribution in [-0.4, -0.2) is 45.1 Å². The Labute approximate surface area is 161 Å². The molecule has 1 aromatic carbocycles. The van der Waals surface area contributed by atoms with Crippen LogP contribution in [0.2, 0.25) is 0 Å². The van der Waals surface area contributed by atoms with Gasteiger partial charge in [-0.3, -0.25) is 9.59 Å². The van der Waals surface area contributed by atoms with Crippen LogP contribution >= 0.6 is 0 Å². The fourth-order valence-corrected chi connectivity index (χ4v) is 4.18. The number of rotatable bonds is 4. The first kappa shape index (κ1) is 18.6. The molecule has 2 fully saturated rings. The van der Waals surface area contributed by atoms with Gasteiger partial charge in [-0.1, -0.05) is 5.16 Å². The predicted molar refractivity (Wildman–Crippen MR) is 96.7 cm³/mol. The van der Waals surface area contributed by atoms with Crippen molar-refractivity contribution >= 4 is 11.9 Å². The van der Waals surface area contributed by atoms with Crippen LogP contribution in [0.4, 0.5) is 4.39 Å². The van der Waals surface area contributed by atoms with Crippen LogP contribution < -0.4 is 0 Å². The Balaban J connectivity index is 1.42. The number of amides is 1. The lowest BCUT2D eigenvalue weighted by Crippen LogP contribution is -2.42. The number of carbonyl (C=O) groups excluding carboxylic acids is 1. The first-order valence-corrected chi connectivity index (χ1v) is 9.62. The van der Waals surface area contributed by atoms with Gasteiger partial charge < -0.3 is 14.5 Å². The maximum absolute atomic E-state index is 13.1. The normalized spacial score (nSPS) is 25.0. The van der Waals surface area contributed by atoms with Crippen LogP contribution in [0.1, 0.15) is 43.9 Å². The summed E-state index contributed by atoms with van der Waals surface area (Å²) < 4.78 is 18.5. The molecule has 28 heavy (non-hydrogen) atoms. The van der Waals surface area contributed by atoms with Crippen LogP contribution in [0.25, 0.3) is 11.4 Å². The van der Waals surface area contributed by atoms with E-state index in [-0.39, 0.29) is 23.6 Å². The lowest BCUT2D eigenvalue weighted by atomic mass is 9.95. The largest absolute Gasteiger partial charge is 0.481 e. The van der Waals surface area contributed by atoms with Crippen molar-refractivity contribution in [3.63, 3.8) is 0 Å². The number of carboxylic acid groups (broad SMARTS) is 1. The number of nitrogens with zero attached hydrogens (tertiary/aromatic N) is 3. The maximum Gasteiger partial charge on any atom is 0.306 e. The Morgan fingerprint density at radius 2 is 1.89 bits per heavy atom. The van der Waals surface area contributed by atoms with Gasteiger partial charge in [0.1, 0.15) is 5.82 Å². The second-order valence-corrected chi connectivity index (χ2v) is 7.63. The van der Waals surface area contributed by atoms with E-state index < -0.39 is 11.9 Å². The minimum atomic E-state index is -0.814. The molecule has 7 nitrogen and oxygen atoms in total. The molecule has 1 N–H and O–H groups in total. The maximum atomic E-state index is 13.1. The summed E-state index contributed by atoms with van der Waals surface area (Å²) in [5, 5.41) is 13.1. The summed E-state index contributed by atoms with van der Waals surface area (Å²) in [6, 6.07) is 5.88. The molecule has 1 unspecified atom stereocenters. The zero-order chi connectivity index (χ0) is 19.7. The standard InChI is InChI=1S/C20H22FN3O4/c21-16-7-5-12(6-8-16)17-22-18(28-23-17)15-2-1-9-24(11-15)19(25)13-3-4-14(10-13)20(26)27/h5-8,13-15H,1-4,9-11H2,(H,26,27)/t13-,14+,15?/m0/s1. The fraction of sp³-hybridized carbons (Fsp3) is 0.500. The van der Waals surface area contributed by atoms with E-state index in [1.165, 1.54) is 12.1 Å². The van der Waals surface area contributed by atoms with Crippen molar-refractivity contribution in [3.8, 4) is 11.4 Å². The van der Waals surface area contributed by atoms with Crippen LogP contribution in [-0.2, 0) is 9.59 Å². The van der Waals surface area contributed by atoms with E-state index in [0.29, 0.717) is 49.6 Å². The molecule has 8 heteroatoms. The van der Waals surface area contributed by atoms with Gasteiger partial charge in [0.05, 0.1) is 11.8 Å². The zero-order valence-electron chi connectivity index (χ0n) is 15.4. The van der Waals surface area contributed by atoms with E-state index in [1.54, 1.807) is 12.1 Å². The lowest BCUT2D eigenvalue weighted by molar-refractivity contribution is -0.141. The molecular formula is C20H22FN3O4. The minimum absolute atomic E-state index is 0.0340. The van der Waals surface area contributed by atoms with E-state index in [0.717, 1.165) is 12.8 Å². The van der Waals surface area contributed by atoms with Crippen LogP contribution in [0.5, 0.6) is 0 Å². The van der Waals surface area contributed by atoms with Gasteiger partial charge >= 0.3 is 5.97 Å². The van der Waals surface area contributed by atoms with Crippen LogP contribution in [0.3, 0.4) is 0 Å². The summed E-state index contributed by atoms with van der Waals surface area (Å²) >= 11 is 0. The van der Waals surface area contributed by atoms with Gasteiger partial charge in [-0.05, 0) is 56.4 Å². The molecular weight excluding hydrogens is 365 g/mol. The van der Waals surface area contributed by atoms with Gasteiger partial charge in [0.25, 0.3) is 0 Å². The number of benzene rings is 1. The van der Waals surface area contributed by atoms with Gasteiger partial charge in [0.15, 0.2) is 0 Å². The number of halogens is 1. The second-order valence-electron chi connectivity index (χ2n) is 7.63. The van der Waals surface area contributed by atoms with Crippen LogP contribution in [0.15, 0.2) is 28.8 Å². The summed E-state index contributed by atoms with van der Waals surface area (Å²) in [6.45, 7) is 1.17. The van der Waals surface area contributed by atoms with Gasteiger partial charge in [0.2, 0.25) is 17.6 Å². The molecule has 1 saturated carbocycles. The molecule has 1 saturated heterocycles. The number of carbonyl (C=O) groups is 2. The highest BCUT2D eigenvalue weighted by atomic mass is 19.1. The molecule has 2 heterocycles. The van der Waals surface area contributed by atoms with E-state index in [2.05, 4.69) is 10.1 Å². The first-order valence-electron chi connectivity index (χ1n) is 9.62. The van der Waals surface area contributed by atoms with Crippen molar-refractivity contribution in [2.75, 3.05) is 13.1 Å². The second kappa shape index (κ2) is 7.69. The Bertz CT molecular complexity index is 867. The van der Waals surface area contributed by atoms with E-state index in [4.69, 9.17) is 9.63 Å². The third kappa shape index (κ3) is 3.76. The quantitative estimate of drug-likeness (QED) is 0.866. The van der Waals surface area contributed by atoms with Gasteiger partial charge in [-0.2, -0.15) is 4.98 Å². The van der Waals surface area contributed by atoms with Crippen LogP contribution in [0, 0.1) is 17.7 Å². The average molecular weight is 387 g/mol. The number of carboxylic acids is 1. The van der Waals surface area contributed by atoms with Crippen molar-refractivity contribution < 1.29 is 23.6 Å². The smallest absolute Gasteiger partial charge is 0.306 e. The summed E-state index contributed by atoms with van der Waals surface area (Å²) in [4.78, 5) is 30.2. The zero-order valence-corrected chi connectivity index (χ0v) is 15.4. The molecule has 0 spiro atoms. The highest BCUT2D eigenvalue weighted by Crippen LogP contribution is 2.34. The Morgan fingerprint density at radius 1 is 1.14 bits per heavy atom. The number of aliphatic carboxylic acids is 1. The summed E-state index contributed by atoms with van der Waals surface area (Å²) in [5.74, 6) is -0.897. The molecule has 3 atom stereocenters. The molecule has 0 radical (unpaired) electrons. The molecule has 0 bridgehead atoms. The van der Waals surface area contributed by atoms with Crippen molar-refractivity contribution in [1.29, 1.82) is 0 Å². The topological polar surface area (TPSA) is 96.5 Å². The molecule has 1 aromatic heterocycles. The van der Waals surface area contributed by atoms with E-state index >= 15 is 0 Å². The highest BCUT2D eigenvalue weighted by molar-refractivity contribution is 5.81. The van der Waals surface area contributed by atoms with Gasteiger partial charge in [-0.15, -0.1) is 0 Å². The van der Waals surface area contributed by atoms with Crippen molar-refractivity contribution in [2.45, 2.75) is 38.0 Å². The molecule has 1 amide bonds. The number of hydrogen-bond acceptors (Lipinski definition) is 5. The minimum Gasteiger partial charge on any atom is -0.481 e. The Kier molecular flexibility index (Phi) is 5.11. The SMILES string of the molecule is O=C(O)[C@@H]1CC[C@H](C(=O)N2CCCC(c3nc(-c4ccc(F)cc4)no3)C2)C1. The summed E-state index contributed by atoms with van der Waals surface area (Å²) in [5.41, 5.74) is 0.672. The van der Waals surface area contributed by atoms with Gasteiger partial charge in [0, 0.05) is 24.6 Å². The molecule has 4 rings (SSSR count). The van der Waals surface area contributed by atoms with Gasteiger partial charge in [-0.25, -0.2) is 4.39 Å². The first-order chi connectivity index (χ1) is 13.5. The van der Waals surface area contributed by atoms with Crippen molar-refractivity contribution in [3.05, 3.63) is 36.0 Å². The summed E-state index contributed by atoms with van der Waals surface area (Å²) in [7, 11) is 0. The monoisotopic (exact) mass is 387 g/mol. The van der Waals surface area contributed by atoms with E-state index in [1.807, 2.05) is 4.90 Å². The fourth-order valence-electron chi connectivity index (χ4n) is 4.18. The Hall–Kier alpha value is -2.77. The molecule has 1 aliphatic carbocycles. The molecule has 148 valence electrons. The third-order valence-corrected chi connectivity index (χ3v) is 5.76. The Morgan fingerprint density at radius 3 is 2.61 bits per heavy atom. The number of likely N-dealkylation sites (tertiary alicyclic amines) is 1. The third-order valence-electron chi connectivity index (χ3n) is 5.76. The number of aromatic nitrogens is 2. The predicted octanol–water partition coefficient (Wildman–Crippen LogP) is 3.08. The number of piperidine rings is 1. The molecule has 1 aliphatic heterocycles. The average Bonchev–Trinajstić information content (AvgIpc) is 3.38. The van der Waals surface area contributed by atoms with E-state index in [9.17, 15) is 14.0 Å².